The summed E-state index contributed by atoms with van der Waals surface area (Å²) in [6, 6.07) is 9.76. The normalized spacial score (nSPS) is 17.9. The highest BCUT2D eigenvalue weighted by molar-refractivity contribution is 7.88. The molecule has 1 aromatic heterocycles. The van der Waals surface area contributed by atoms with Crippen LogP contribution >= 0.6 is 0 Å². The number of sulfonamides is 1. The van der Waals surface area contributed by atoms with Gasteiger partial charge in [0.2, 0.25) is 15.9 Å². The number of rotatable bonds is 5. The van der Waals surface area contributed by atoms with Gasteiger partial charge in [-0.05, 0) is 30.5 Å². The highest BCUT2D eigenvalue weighted by atomic mass is 32.2. The molecule has 2 heterocycles. The van der Waals surface area contributed by atoms with Gasteiger partial charge in [-0.3, -0.25) is 14.4 Å². The second-order valence-electron chi connectivity index (χ2n) is 6.58. The molecule has 0 bridgehead atoms. The minimum absolute atomic E-state index is 0.0456. The molecule has 1 atom stereocenters. The third-order valence-corrected chi connectivity index (χ3v) is 5.89. The van der Waals surface area contributed by atoms with Gasteiger partial charge in [0.1, 0.15) is 11.9 Å². The topological polar surface area (TPSA) is 99.3 Å². The van der Waals surface area contributed by atoms with E-state index in [2.05, 4.69) is 5.10 Å². The van der Waals surface area contributed by atoms with E-state index in [9.17, 15) is 13.2 Å². The van der Waals surface area contributed by atoms with Crippen molar-refractivity contribution in [2.24, 2.45) is 7.05 Å². The minimum atomic E-state index is -3.64. The quantitative estimate of drug-likeness (QED) is 0.769. The number of aromatic nitrogens is 2. The van der Waals surface area contributed by atoms with E-state index in [1.807, 2.05) is 6.07 Å². The van der Waals surface area contributed by atoms with Crippen LogP contribution in [0.2, 0.25) is 0 Å². The number of nitriles is 1. The largest absolute Gasteiger partial charge is 0.296 e. The Hall–Kier alpha value is -2.70. The molecule has 142 valence electrons. The average molecular weight is 387 g/mol. The number of hydrogen-bond acceptors (Lipinski definition) is 5. The smallest absolute Gasteiger partial charge is 0.246 e. The molecule has 0 spiro atoms. The molecule has 1 aliphatic heterocycles. The first-order valence-electron chi connectivity index (χ1n) is 8.56. The van der Waals surface area contributed by atoms with Crippen LogP contribution in [0.4, 0.5) is 5.82 Å². The lowest BCUT2D eigenvalue weighted by molar-refractivity contribution is -0.123. The summed E-state index contributed by atoms with van der Waals surface area (Å²) in [6.07, 6.45) is 3.86. The van der Waals surface area contributed by atoms with Crippen LogP contribution < -0.4 is 4.90 Å². The van der Waals surface area contributed by atoms with Crippen molar-refractivity contribution in [2.75, 3.05) is 17.7 Å². The summed E-state index contributed by atoms with van der Waals surface area (Å²) >= 11 is 0. The van der Waals surface area contributed by atoms with Crippen molar-refractivity contribution in [1.82, 2.24) is 14.1 Å². The SMILES string of the molecule is Cn1nccc1N1CCC[C@@H](N(Cc2cccc(C#N)c2)S(C)(=O)=O)C1=O. The molecule has 0 aliphatic carbocycles. The summed E-state index contributed by atoms with van der Waals surface area (Å²) in [5.74, 6) is 0.386. The lowest BCUT2D eigenvalue weighted by Gasteiger charge is -2.37. The number of anilines is 1. The van der Waals surface area contributed by atoms with Gasteiger partial charge in [0.05, 0.1) is 24.1 Å². The van der Waals surface area contributed by atoms with Gasteiger partial charge >= 0.3 is 0 Å². The highest BCUT2D eigenvalue weighted by Gasteiger charge is 2.38. The van der Waals surface area contributed by atoms with Gasteiger partial charge in [0, 0.05) is 26.2 Å². The zero-order valence-corrected chi connectivity index (χ0v) is 16.1. The van der Waals surface area contributed by atoms with Crippen LogP contribution in [0.3, 0.4) is 0 Å². The molecule has 1 fully saturated rings. The molecular formula is C18H21N5O3S. The van der Waals surface area contributed by atoms with E-state index in [1.54, 1.807) is 53.2 Å². The van der Waals surface area contributed by atoms with E-state index in [4.69, 9.17) is 5.26 Å². The lowest BCUT2D eigenvalue weighted by atomic mass is 10.0. The Morgan fingerprint density at radius 1 is 1.37 bits per heavy atom. The molecule has 9 heteroatoms. The summed E-state index contributed by atoms with van der Waals surface area (Å²) in [6.45, 7) is 0.570. The summed E-state index contributed by atoms with van der Waals surface area (Å²) in [5.41, 5.74) is 1.12. The minimum Gasteiger partial charge on any atom is -0.296 e. The monoisotopic (exact) mass is 387 g/mol. The number of aryl methyl sites for hydroxylation is 1. The van der Waals surface area contributed by atoms with E-state index >= 15 is 0 Å². The average Bonchev–Trinajstić information content (AvgIpc) is 3.05. The van der Waals surface area contributed by atoms with E-state index in [1.165, 1.54) is 4.31 Å². The van der Waals surface area contributed by atoms with Gasteiger partial charge in [-0.1, -0.05) is 12.1 Å². The molecule has 3 rings (SSSR count). The van der Waals surface area contributed by atoms with Gasteiger partial charge in [-0.25, -0.2) is 8.42 Å². The molecule has 2 aromatic rings. The van der Waals surface area contributed by atoms with Gasteiger partial charge in [-0.2, -0.15) is 14.7 Å². The Morgan fingerprint density at radius 2 is 2.15 bits per heavy atom. The summed E-state index contributed by atoms with van der Waals surface area (Å²) in [5, 5.41) is 13.2. The van der Waals surface area contributed by atoms with Crippen molar-refractivity contribution in [2.45, 2.75) is 25.4 Å². The Labute approximate surface area is 158 Å². The zero-order valence-electron chi connectivity index (χ0n) is 15.2. The standard InChI is InChI=1S/C18H21N5O3S/c1-21-17(8-9-20-21)22-10-4-7-16(18(22)24)23(27(2,25)26)13-15-6-3-5-14(11-15)12-19/h3,5-6,8-9,11,16H,4,7,10,13H2,1-2H3/t16-/m1/s1. The van der Waals surface area contributed by atoms with E-state index < -0.39 is 16.1 Å². The van der Waals surface area contributed by atoms with Gasteiger partial charge < -0.3 is 0 Å². The molecule has 1 aromatic carbocycles. The number of hydrogen-bond donors (Lipinski definition) is 0. The predicted octanol–water partition coefficient (Wildman–Crippen LogP) is 1.25. The Balaban J connectivity index is 1.92. The first kappa shape index (κ1) is 19.1. The Bertz CT molecular complexity index is 992. The van der Waals surface area contributed by atoms with Crippen LogP contribution in [0.15, 0.2) is 36.5 Å². The molecule has 0 N–H and O–H groups in total. The van der Waals surface area contributed by atoms with Crippen molar-refractivity contribution >= 4 is 21.7 Å². The van der Waals surface area contributed by atoms with Crippen LogP contribution in [-0.2, 0) is 28.4 Å². The van der Waals surface area contributed by atoms with Crippen molar-refractivity contribution in [1.29, 1.82) is 5.26 Å². The second kappa shape index (κ2) is 7.50. The predicted molar refractivity (Wildman–Crippen MR) is 100 cm³/mol. The van der Waals surface area contributed by atoms with E-state index in [0.717, 1.165) is 6.26 Å². The van der Waals surface area contributed by atoms with Crippen molar-refractivity contribution in [3.63, 3.8) is 0 Å². The maximum absolute atomic E-state index is 13.1. The lowest BCUT2D eigenvalue weighted by Crippen LogP contribution is -2.54. The molecule has 8 nitrogen and oxygen atoms in total. The van der Waals surface area contributed by atoms with Crippen molar-refractivity contribution < 1.29 is 13.2 Å². The molecule has 1 aliphatic rings. The van der Waals surface area contributed by atoms with Crippen molar-refractivity contribution in [3.05, 3.63) is 47.7 Å². The molecule has 0 radical (unpaired) electrons. The van der Waals surface area contributed by atoms with E-state index in [0.29, 0.717) is 36.3 Å². The van der Waals surface area contributed by atoms with Crippen LogP contribution in [0.1, 0.15) is 24.0 Å². The fourth-order valence-electron chi connectivity index (χ4n) is 3.36. The summed E-state index contributed by atoms with van der Waals surface area (Å²) in [7, 11) is -1.89. The molecule has 1 saturated heterocycles. The number of carbonyl (C=O) groups excluding carboxylic acids is 1. The first-order chi connectivity index (χ1) is 12.8. The van der Waals surface area contributed by atoms with Crippen LogP contribution in [0.5, 0.6) is 0 Å². The molecule has 27 heavy (non-hydrogen) atoms. The highest BCUT2D eigenvalue weighted by Crippen LogP contribution is 2.26. The fraction of sp³-hybridized carbons (Fsp3) is 0.389. The molecular weight excluding hydrogens is 366 g/mol. The second-order valence-corrected chi connectivity index (χ2v) is 8.52. The van der Waals surface area contributed by atoms with Crippen molar-refractivity contribution in [3.8, 4) is 6.07 Å². The zero-order chi connectivity index (χ0) is 19.6. The number of piperidine rings is 1. The molecule has 0 saturated carbocycles. The third-order valence-electron chi connectivity index (χ3n) is 4.65. The van der Waals surface area contributed by atoms with Crippen LogP contribution in [0, 0.1) is 11.3 Å². The summed E-state index contributed by atoms with van der Waals surface area (Å²) < 4.78 is 27.8. The third kappa shape index (κ3) is 4.02. The summed E-state index contributed by atoms with van der Waals surface area (Å²) in [4.78, 5) is 14.7. The fourth-order valence-corrected chi connectivity index (χ4v) is 4.40. The van der Waals surface area contributed by atoms with Gasteiger partial charge in [0.15, 0.2) is 0 Å². The Kier molecular flexibility index (Phi) is 5.30. The van der Waals surface area contributed by atoms with E-state index in [-0.39, 0.29) is 12.5 Å². The van der Waals surface area contributed by atoms with Gasteiger partial charge in [-0.15, -0.1) is 0 Å². The maximum Gasteiger partial charge on any atom is 0.246 e. The molecule has 0 unspecified atom stereocenters. The molecule has 1 amide bonds. The number of nitrogens with zero attached hydrogens (tertiary/aromatic N) is 5. The number of benzene rings is 1. The Morgan fingerprint density at radius 3 is 2.78 bits per heavy atom. The first-order valence-corrected chi connectivity index (χ1v) is 10.4. The maximum atomic E-state index is 13.1. The van der Waals surface area contributed by atoms with Crippen LogP contribution in [0.25, 0.3) is 0 Å². The van der Waals surface area contributed by atoms with Crippen LogP contribution in [-0.4, -0.2) is 47.3 Å². The van der Waals surface area contributed by atoms with Gasteiger partial charge in [0.25, 0.3) is 0 Å². The number of amides is 1. The number of carbonyl (C=O) groups is 1.